The highest BCUT2D eigenvalue weighted by molar-refractivity contribution is 7.98. The number of aromatic nitrogens is 5. The van der Waals surface area contributed by atoms with Gasteiger partial charge in [-0.05, 0) is 19.9 Å². The summed E-state index contributed by atoms with van der Waals surface area (Å²) >= 11 is 1.49. The van der Waals surface area contributed by atoms with Crippen LogP contribution < -0.4 is 0 Å². The van der Waals surface area contributed by atoms with Crippen molar-refractivity contribution in [2.45, 2.75) is 24.8 Å². The first-order valence-corrected chi connectivity index (χ1v) is 6.98. The molecule has 0 amide bonds. The first-order chi connectivity index (χ1) is 9.63. The van der Waals surface area contributed by atoms with E-state index in [-0.39, 0.29) is 0 Å². The molecule has 3 rings (SSSR count). The molecule has 0 spiro atoms. The largest absolute Gasteiger partial charge is 0.466 e. The van der Waals surface area contributed by atoms with Gasteiger partial charge in [0, 0.05) is 7.05 Å². The van der Waals surface area contributed by atoms with Crippen LogP contribution in [0.2, 0.25) is 0 Å². The highest BCUT2D eigenvalue weighted by Crippen LogP contribution is 2.27. The zero-order valence-corrected chi connectivity index (χ0v) is 12.1. The molecule has 0 aromatic carbocycles. The summed E-state index contributed by atoms with van der Waals surface area (Å²) in [6.45, 7) is 3.76. The van der Waals surface area contributed by atoms with Gasteiger partial charge in [-0.2, -0.15) is 0 Å². The maximum atomic E-state index is 5.64. The van der Waals surface area contributed by atoms with Gasteiger partial charge in [0.2, 0.25) is 5.89 Å². The van der Waals surface area contributed by atoms with Gasteiger partial charge in [-0.15, -0.1) is 20.4 Å². The zero-order valence-electron chi connectivity index (χ0n) is 11.3. The summed E-state index contributed by atoms with van der Waals surface area (Å²) in [6.07, 6.45) is 1.65. The SMILES string of the molecule is Cc1cc(-c2nnc(CSc3nncn3C)o2)c(C)o1. The van der Waals surface area contributed by atoms with Crippen molar-refractivity contribution in [1.82, 2.24) is 25.0 Å². The number of hydrogen-bond donors (Lipinski definition) is 0. The molecule has 0 bridgehead atoms. The summed E-state index contributed by atoms with van der Waals surface area (Å²) in [5.41, 5.74) is 0.838. The maximum Gasteiger partial charge on any atom is 0.251 e. The number of rotatable bonds is 4. The first-order valence-electron chi connectivity index (χ1n) is 6.00. The fourth-order valence-corrected chi connectivity index (χ4v) is 2.52. The van der Waals surface area contributed by atoms with Gasteiger partial charge in [0.1, 0.15) is 17.8 Å². The molecule has 3 aromatic rings. The number of thioether (sulfide) groups is 1. The molecule has 3 aromatic heterocycles. The molecule has 0 fully saturated rings. The smallest absolute Gasteiger partial charge is 0.251 e. The van der Waals surface area contributed by atoms with E-state index < -0.39 is 0 Å². The fraction of sp³-hybridized carbons (Fsp3) is 0.333. The highest BCUT2D eigenvalue weighted by atomic mass is 32.2. The monoisotopic (exact) mass is 291 g/mol. The minimum absolute atomic E-state index is 0.480. The first kappa shape index (κ1) is 12.9. The van der Waals surface area contributed by atoms with Crippen LogP contribution in [0.3, 0.4) is 0 Å². The summed E-state index contributed by atoms with van der Waals surface area (Å²) in [5, 5.41) is 16.7. The third-order valence-electron chi connectivity index (χ3n) is 2.73. The number of nitrogens with zero attached hydrogens (tertiary/aromatic N) is 5. The van der Waals surface area contributed by atoms with Gasteiger partial charge >= 0.3 is 0 Å². The number of hydrogen-bond acceptors (Lipinski definition) is 7. The van der Waals surface area contributed by atoms with E-state index in [0.717, 1.165) is 22.2 Å². The second-order valence-corrected chi connectivity index (χ2v) is 5.28. The summed E-state index contributed by atoms with van der Waals surface area (Å²) in [6, 6.07) is 1.89. The minimum Gasteiger partial charge on any atom is -0.466 e. The van der Waals surface area contributed by atoms with Crippen molar-refractivity contribution in [1.29, 1.82) is 0 Å². The molecule has 0 unspecified atom stereocenters. The van der Waals surface area contributed by atoms with Crippen LogP contribution in [0.4, 0.5) is 0 Å². The van der Waals surface area contributed by atoms with E-state index in [2.05, 4.69) is 20.4 Å². The molecule has 0 N–H and O–H groups in total. The predicted molar refractivity (Wildman–Crippen MR) is 72.0 cm³/mol. The Kier molecular flexibility index (Phi) is 3.31. The van der Waals surface area contributed by atoms with Gasteiger partial charge in [-0.1, -0.05) is 11.8 Å². The highest BCUT2D eigenvalue weighted by Gasteiger charge is 2.15. The van der Waals surface area contributed by atoms with Gasteiger partial charge in [-0.3, -0.25) is 0 Å². The number of furan rings is 1. The second-order valence-electron chi connectivity index (χ2n) is 4.34. The predicted octanol–water partition coefficient (Wildman–Crippen LogP) is 2.37. The van der Waals surface area contributed by atoms with Crippen LogP contribution in [0.15, 0.2) is 26.4 Å². The number of aryl methyl sites for hydroxylation is 3. The van der Waals surface area contributed by atoms with Gasteiger partial charge in [-0.25, -0.2) is 0 Å². The molecule has 20 heavy (non-hydrogen) atoms. The van der Waals surface area contributed by atoms with Crippen molar-refractivity contribution in [2.75, 3.05) is 0 Å². The summed E-state index contributed by atoms with van der Waals surface area (Å²) in [5.74, 6) is 3.18. The molecule has 0 aliphatic rings. The molecule has 0 radical (unpaired) electrons. The van der Waals surface area contributed by atoms with E-state index in [1.54, 1.807) is 6.33 Å². The summed E-state index contributed by atoms with van der Waals surface area (Å²) in [7, 11) is 1.89. The average molecular weight is 291 g/mol. The lowest BCUT2D eigenvalue weighted by molar-refractivity contribution is 0.499. The standard InChI is InChI=1S/C12H13N5O2S/c1-7-4-9(8(2)18-7)11-15-14-10(19-11)5-20-12-16-13-6-17(12)3/h4,6H,5H2,1-3H3. The van der Waals surface area contributed by atoms with Crippen molar-refractivity contribution < 1.29 is 8.83 Å². The summed E-state index contributed by atoms with van der Waals surface area (Å²) < 4.78 is 12.9. The lowest BCUT2D eigenvalue weighted by atomic mass is 10.2. The topological polar surface area (TPSA) is 82.8 Å². The van der Waals surface area contributed by atoms with Crippen molar-refractivity contribution in [2.24, 2.45) is 7.05 Å². The Balaban J connectivity index is 1.74. The Hall–Kier alpha value is -2.09. The van der Waals surface area contributed by atoms with E-state index in [4.69, 9.17) is 8.83 Å². The van der Waals surface area contributed by atoms with Crippen molar-refractivity contribution in [3.63, 3.8) is 0 Å². The van der Waals surface area contributed by atoms with Gasteiger partial charge < -0.3 is 13.4 Å². The van der Waals surface area contributed by atoms with Crippen LogP contribution in [0, 0.1) is 13.8 Å². The van der Waals surface area contributed by atoms with Crippen molar-refractivity contribution in [3.05, 3.63) is 29.8 Å². The van der Waals surface area contributed by atoms with Crippen LogP contribution in [0.5, 0.6) is 0 Å². The van der Waals surface area contributed by atoms with E-state index in [1.807, 2.05) is 31.5 Å². The molecule has 8 heteroatoms. The van der Waals surface area contributed by atoms with Gasteiger partial charge in [0.15, 0.2) is 5.16 Å². The lowest BCUT2D eigenvalue weighted by Crippen LogP contribution is -1.89. The molecule has 0 aliphatic heterocycles. The van der Waals surface area contributed by atoms with Crippen LogP contribution >= 0.6 is 11.8 Å². The quantitative estimate of drug-likeness (QED) is 0.682. The Morgan fingerprint density at radius 3 is 2.70 bits per heavy atom. The third-order valence-corrected chi connectivity index (χ3v) is 3.75. The Morgan fingerprint density at radius 1 is 1.20 bits per heavy atom. The summed E-state index contributed by atoms with van der Waals surface area (Å²) in [4.78, 5) is 0. The molecular formula is C12H13N5O2S. The Labute approximate surface area is 119 Å². The van der Waals surface area contributed by atoms with E-state index >= 15 is 0 Å². The molecule has 0 saturated heterocycles. The van der Waals surface area contributed by atoms with Crippen LogP contribution in [0.25, 0.3) is 11.5 Å². The second kappa shape index (κ2) is 5.12. The van der Waals surface area contributed by atoms with Crippen molar-refractivity contribution >= 4 is 11.8 Å². The normalized spacial score (nSPS) is 11.2. The maximum absolute atomic E-state index is 5.64. The van der Waals surface area contributed by atoms with Crippen LogP contribution in [-0.2, 0) is 12.8 Å². The fourth-order valence-electron chi connectivity index (χ4n) is 1.79. The van der Waals surface area contributed by atoms with Crippen molar-refractivity contribution in [3.8, 4) is 11.5 Å². The van der Waals surface area contributed by atoms with Gasteiger partial charge in [0.05, 0.1) is 11.3 Å². The molecule has 0 aliphatic carbocycles. The third kappa shape index (κ3) is 2.46. The Bertz CT molecular complexity index is 730. The zero-order chi connectivity index (χ0) is 14.1. The molecule has 104 valence electrons. The van der Waals surface area contributed by atoms with Gasteiger partial charge in [0.25, 0.3) is 5.89 Å². The molecule has 0 atom stereocenters. The van der Waals surface area contributed by atoms with E-state index in [9.17, 15) is 0 Å². The van der Waals surface area contributed by atoms with E-state index in [0.29, 0.717) is 17.5 Å². The molecule has 3 heterocycles. The van der Waals surface area contributed by atoms with Crippen LogP contribution in [0.1, 0.15) is 17.4 Å². The molecular weight excluding hydrogens is 278 g/mol. The average Bonchev–Trinajstić information content (AvgIpc) is 3.08. The molecule has 0 saturated carbocycles. The Morgan fingerprint density at radius 2 is 2.05 bits per heavy atom. The van der Waals surface area contributed by atoms with Crippen LogP contribution in [-0.4, -0.2) is 25.0 Å². The lowest BCUT2D eigenvalue weighted by Gasteiger charge is -1.96. The minimum atomic E-state index is 0.480. The van der Waals surface area contributed by atoms with E-state index in [1.165, 1.54) is 11.8 Å². The molecule has 7 nitrogen and oxygen atoms in total.